The van der Waals surface area contributed by atoms with Gasteiger partial charge in [0.1, 0.15) is 6.04 Å². The summed E-state index contributed by atoms with van der Waals surface area (Å²) in [4.78, 5) is 26.3. The molecule has 2 atom stereocenters. The molecule has 0 radical (unpaired) electrons. The molecule has 0 saturated carbocycles. The minimum Gasteiger partial charge on any atom is -0.454 e. The number of hydrogen-bond acceptors (Lipinski definition) is 5. The second kappa shape index (κ2) is 9.32. The maximum absolute atomic E-state index is 12.3. The first-order valence-electron chi connectivity index (χ1n) is 9.29. The van der Waals surface area contributed by atoms with Gasteiger partial charge >= 0.3 is 5.97 Å². The molecule has 27 heavy (non-hydrogen) atoms. The average Bonchev–Trinajstić information content (AvgIpc) is 2.65. The largest absolute Gasteiger partial charge is 0.454 e. The fraction of sp³-hybridized carbons (Fsp3) is 0.579. The van der Waals surface area contributed by atoms with Gasteiger partial charge < -0.3 is 9.64 Å². The lowest BCUT2D eigenvalue weighted by Gasteiger charge is -2.35. The van der Waals surface area contributed by atoms with Crippen LogP contribution in [0.25, 0.3) is 0 Å². The van der Waals surface area contributed by atoms with Crippen molar-refractivity contribution < 1.29 is 22.7 Å². The van der Waals surface area contributed by atoms with E-state index in [1.165, 1.54) is 19.1 Å². The van der Waals surface area contributed by atoms with E-state index in [0.717, 1.165) is 31.2 Å². The van der Waals surface area contributed by atoms with E-state index in [1.54, 1.807) is 17.0 Å². The highest BCUT2D eigenvalue weighted by Crippen LogP contribution is 2.19. The molecule has 1 heterocycles. The van der Waals surface area contributed by atoms with Gasteiger partial charge in [0.25, 0.3) is 5.91 Å². The number of sulfonamides is 1. The zero-order chi connectivity index (χ0) is 20.0. The Balaban J connectivity index is 1.89. The van der Waals surface area contributed by atoms with Gasteiger partial charge in [0.2, 0.25) is 10.0 Å². The predicted molar refractivity (Wildman–Crippen MR) is 102 cm³/mol. The van der Waals surface area contributed by atoms with Crippen LogP contribution in [0, 0.1) is 6.92 Å². The van der Waals surface area contributed by atoms with E-state index in [4.69, 9.17) is 4.74 Å². The summed E-state index contributed by atoms with van der Waals surface area (Å²) in [6.45, 7) is 5.58. The zero-order valence-electron chi connectivity index (χ0n) is 16.1. The number of nitrogens with zero attached hydrogens (tertiary/aromatic N) is 1. The Morgan fingerprint density at radius 1 is 1.26 bits per heavy atom. The number of piperidine rings is 1. The van der Waals surface area contributed by atoms with Crippen LogP contribution in [0.1, 0.15) is 45.1 Å². The Hall–Kier alpha value is -1.93. The smallest absolute Gasteiger partial charge is 0.324 e. The monoisotopic (exact) mass is 396 g/mol. The summed E-state index contributed by atoms with van der Waals surface area (Å²) < 4.78 is 32.0. The molecule has 1 amide bonds. The number of carbonyl (C=O) groups is 2. The molecular formula is C19H28N2O5S. The van der Waals surface area contributed by atoms with Gasteiger partial charge in [0, 0.05) is 12.6 Å². The second-order valence-corrected chi connectivity index (χ2v) is 8.62. The van der Waals surface area contributed by atoms with Crippen LogP contribution in [0.5, 0.6) is 0 Å². The quantitative estimate of drug-likeness (QED) is 0.712. The van der Waals surface area contributed by atoms with E-state index in [-0.39, 0.29) is 23.5 Å². The van der Waals surface area contributed by atoms with E-state index >= 15 is 0 Å². The van der Waals surface area contributed by atoms with Crippen molar-refractivity contribution >= 4 is 21.9 Å². The van der Waals surface area contributed by atoms with E-state index in [9.17, 15) is 18.0 Å². The topological polar surface area (TPSA) is 92.8 Å². The van der Waals surface area contributed by atoms with Gasteiger partial charge in [-0.25, -0.2) is 8.42 Å². The van der Waals surface area contributed by atoms with E-state index in [2.05, 4.69) is 4.72 Å². The van der Waals surface area contributed by atoms with Crippen molar-refractivity contribution in [3.8, 4) is 0 Å². The lowest BCUT2D eigenvalue weighted by atomic mass is 10.00. The summed E-state index contributed by atoms with van der Waals surface area (Å²) in [6, 6.07) is 5.40. The van der Waals surface area contributed by atoms with Crippen LogP contribution < -0.4 is 4.72 Å². The fourth-order valence-electron chi connectivity index (χ4n) is 3.16. The lowest BCUT2D eigenvalue weighted by molar-refractivity contribution is -0.154. The van der Waals surface area contributed by atoms with Crippen molar-refractivity contribution in [1.82, 2.24) is 9.62 Å². The third-order valence-corrected chi connectivity index (χ3v) is 6.33. The minimum absolute atomic E-state index is 0.0722. The van der Waals surface area contributed by atoms with Crippen LogP contribution in [0.3, 0.4) is 0 Å². The summed E-state index contributed by atoms with van der Waals surface area (Å²) in [7, 11) is -3.84. The number of hydrogen-bond donors (Lipinski definition) is 1. The van der Waals surface area contributed by atoms with Crippen molar-refractivity contribution in [1.29, 1.82) is 0 Å². The molecule has 2 rings (SSSR count). The highest BCUT2D eigenvalue weighted by Gasteiger charge is 2.28. The van der Waals surface area contributed by atoms with Gasteiger partial charge in [-0.15, -0.1) is 0 Å². The summed E-state index contributed by atoms with van der Waals surface area (Å²) in [5, 5.41) is 0. The molecule has 0 spiro atoms. The number of amides is 1. The van der Waals surface area contributed by atoms with Crippen LogP contribution in [0.2, 0.25) is 0 Å². The van der Waals surface area contributed by atoms with Gasteiger partial charge in [-0.1, -0.05) is 24.6 Å². The zero-order valence-corrected chi connectivity index (χ0v) is 16.9. The number of benzene rings is 1. The molecule has 1 aromatic carbocycles. The lowest BCUT2D eigenvalue weighted by Crippen LogP contribution is -2.46. The van der Waals surface area contributed by atoms with Crippen molar-refractivity contribution in [2.75, 3.05) is 13.2 Å². The minimum atomic E-state index is -3.84. The summed E-state index contributed by atoms with van der Waals surface area (Å²) in [5.41, 5.74) is 0.933. The number of aryl methyl sites for hydroxylation is 1. The van der Waals surface area contributed by atoms with Gasteiger partial charge in [-0.3, -0.25) is 9.59 Å². The summed E-state index contributed by atoms with van der Waals surface area (Å²) in [6.07, 6.45) is 3.87. The van der Waals surface area contributed by atoms with Crippen LogP contribution in [-0.4, -0.2) is 50.4 Å². The Morgan fingerprint density at radius 3 is 2.56 bits per heavy atom. The molecule has 1 aliphatic heterocycles. The maximum atomic E-state index is 12.3. The van der Waals surface area contributed by atoms with Crippen LogP contribution in [0.4, 0.5) is 0 Å². The molecule has 1 aromatic rings. The number of likely N-dealkylation sites (tertiary alicyclic amines) is 1. The van der Waals surface area contributed by atoms with Gasteiger partial charge in [0.15, 0.2) is 6.61 Å². The molecule has 1 aliphatic rings. The van der Waals surface area contributed by atoms with Crippen molar-refractivity contribution in [2.45, 2.75) is 63.4 Å². The third kappa shape index (κ3) is 5.77. The van der Waals surface area contributed by atoms with E-state index < -0.39 is 22.0 Å². The maximum Gasteiger partial charge on any atom is 0.324 e. The summed E-state index contributed by atoms with van der Waals surface area (Å²) in [5.74, 6) is -1.01. The van der Waals surface area contributed by atoms with Crippen LogP contribution >= 0.6 is 0 Å². The SMILES string of the molecule is CCC1CCCCN1C(=O)COC(=O)[C@H](C)NS(=O)(=O)c1ccc(C)cc1. The van der Waals surface area contributed by atoms with Crippen molar-refractivity contribution in [2.24, 2.45) is 0 Å². The Morgan fingerprint density at radius 2 is 1.93 bits per heavy atom. The van der Waals surface area contributed by atoms with Crippen LogP contribution in [-0.2, 0) is 24.3 Å². The third-order valence-electron chi connectivity index (χ3n) is 4.77. The van der Waals surface area contributed by atoms with Crippen molar-refractivity contribution in [3.05, 3.63) is 29.8 Å². The Kier molecular flexibility index (Phi) is 7.38. The van der Waals surface area contributed by atoms with Gasteiger partial charge in [0.05, 0.1) is 4.90 Å². The number of nitrogens with one attached hydrogen (secondary N) is 1. The van der Waals surface area contributed by atoms with Crippen molar-refractivity contribution in [3.63, 3.8) is 0 Å². The highest BCUT2D eigenvalue weighted by atomic mass is 32.2. The van der Waals surface area contributed by atoms with Gasteiger partial charge in [-0.2, -0.15) is 4.72 Å². The number of rotatable bonds is 7. The molecule has 7 nitrogen and oxygen atoms in total. The predicted octanol–water partition coefficient (Wildman–Crippen LogP) is 2.00. The molecule has 8 heteroatoms. The molecule has 150 valence electrons. The first-order chi connectivity index (χ1) is 12.7. The number of ether oxygens (including phenoxy) is 1. The van der Waals surface area contributed by atoms with E-state index in [1.807, 2.05) is 13.8 Å². The summed E-state index contributed by atoms with van der Waals surface area (Å²) >= 11 is 0. The Labute approximate surface area is 161 Å². The first kappa shape index (κ1) is 21.4. The molecule has 1 N–H and O–H groups in total. The number of esters is 1. The van der Waals surface area contributed by atoms with E-state index in [0.29, 0.717) is 6.54 Å². The molecule has 0 aliphatic carbocycles. The molecule has 0 bridgehead atoms. The fourth-order valence-corrected chi connectivity index (χ4v) is 4.35. The standard InChI is InChI=1S/C19H28N2O5S/c1-4-16-7-5-6-12-21(16)18(22)13-26-19(23)15(3)20-27(24,25)17-10-8-14(2)9-11-17/h8-11,15-16,20H,4-7,12-13H2,1-3H3/t15-,16?/m0/s1. The molecular weight excluding hydrogens is 368 g/mol. The van der Waals surface area contributed by atoms with Crippen LogP contribution in [0.15, 0.2) is 29.2 Å². The molecule has 1 fully saturated rings. The molecule has 1 saturated heterocycles. The number of carbonyl (C=O) groups excluding carboxylic acids is 2. The Bertz CT molecular complexity index is 761. The first-order valence-corrected chi connectivity index (χ1v) is 10.8. The molecule has 1 unspecified atom stereocenters. The normalized spacial score (nSPS) is 18.8. The average molecular weight is 397 g/mol. The van der Waals surface area contributed by atoms with Gasteiger partial charge in [-0.05, 0) is 51.7 Å². The molecule has 0 aromatic heterocycles. The second-order valence-electron chi connectivity index (χ2n) is 6.91. The highest BCUT2D eigenvalue weighted by molar-refractivity contribution is 7.89.